The molecule has 2 heterocycles. The molecular weight excluding hydrogens is 600 g/mol. The van der Waals surface area contributed by atoms with Crippen molar-refractivity contribution < 1.29 is 49.4 Å². The molecule has 13 heteroatoms. The zero-order valence-corrected chi connectivity index (χ0v) is 26.9. The summed E-state index contributed by atoms with van der Waals surface area (Å²) in [5.41, 5.74) is 2.21. The van der Waals surface area contributed by atoms with E-state index in [0.717, 1.165) is 11.1 Å². The maximum Gasteiger partial charge on any atom is 0.256 e. The van der Waals surface area contributed by atoms with E-state index in [1.54, 1.807) is 17.0 Å². The fraction of sp³-hybridized carbons (Fsp3) is 0.562. The summed E-state index contributed by atoms with van der Waals surface area (Å²) >= 11 is 0. The Labute approximate surface area is 264 Å². The van der Waals surface area contributed by atoms with Crippen LogP contribution >= 0.6 is 0 Å². The molecule has 2 aromatic rings. The highest BCUT2D eigenvalue weighted by Crippen LogP contribution is 2.45. The number of nitrogens with zero attached hydrogens (tertiary/aromatic N) is 1. The molecule has 2 aliphatic rings. The van der Waals surface area contributed by atoms with Gasteiger partial charge in [0.2, 0.25) is 5.91 Å². The third-order valence-corrected chi connectivity index (χ3v) is 11.3. The molecule has 4 rings (SSSR count). The Bertz CT molecular complexity index is 1260. The van der Waals surface area contributed by atoms with Crippen molar-refractivity contribution >= 4 is 25.8 Å². The van der Waals surface area contributed by atoms with Crippen LogP contribution in [0.4, 0.5) is 5.69 Å². The summed E-state index contributed by atoms with van der Waals surface area (Å²) in [7, 11) is -2.71. The van der Waals surface area contributed by atoms with Crippen LogP contribution in [0.15, 0.2) is 54.6 Å². The summed E-state index contributed by atoms with van der Waals surface area (Å²) in [4.78, 5) is 38.9. The van der Waals surface area contributed by atoms with E-state index in [0.29, 0.717) is 25.1 Å². The molecule has 0 bridgehead atoms. The second kappa shape index (κ2) is 15.2. The van der Waals surface area contributed by atoms with Gasteiger partial charge in [0.15, 0.2) is 20.7 Å². The minimum atomic E-state index is -2.71. The van der Waals surface area contributed by atoms with Gasteiger partial charge in [-0.05, 0) is 55.1 Å². The van der Waals surface area contributed by atoms with Crippen LogP contribution in [0, 0.1) is 5.92 Å². The summed E-state index contributed by atoms with van der Waals surface area (Å²) in [6.07, 6.45) is -7.75. The number of nitrogens with one attached hydrogen (secondary N) is 1. The number of hydrogen-bond acceptors (Lipinski definition) is 10. The Morgan fingerprint density at radius 3 is 2.18 bits per heavy atom. The summed E-state index contributed by atoms with van der Waals surface area (Å²) in [6, 6.07) is 16.6. The van der Waals surface area contributed by atoms with Gasteiger partial charge >= 0.3 is 0 Å². The fourth-order valence-electron chi connectivity index (χ4n) is 6.48. The van der Waals surface area contributed by atoms with Crippen molar-refractivity contribution in [1.29, 1.82) is 0 Å². The van der Waals surface area contributed by atoms with Gasteiger partial charge in [0.25, 0.3) is 5.91 Å². The van der Waals surface area contributed by atoms with Crippen molar-refractivity contribution in [3.05, 3.63) is 65.7 Å². The number of hydrogen-bond donors (Lipinski definition) is 7. The summed E-state index contributed by atoms with van der Waals surface area (Å²) in [5.74, 6) is -0.880. The van der Waals surface area contributed by atoms with Gasteiger partial charge in [-0.15, -0.1) is 0 Å². The molecule has 0 unspecified atom stereocenters. The van der Waals surface area contributed by atoms with E-state index in [1.165, 1.54) is 0 Å². The van der Waals surface area contributed by atoms with Gasteiger partial charge in [0.05, 0.1) is 25.2 Å². The predicted octanol–water partition coefficient (Wildman–Crippen LogP) is 0.740. The molecule has 0 spiro atoms. The quantitative estimate of drug-likeness (QED) is 0.162. The Morgan fingerprint density at radius 2 is 1.56 bits per heavy atom. The van der Waals surface area contributed by atoms with Crippen LogP contribution in [-0.2, 0) is 32.0 Å². The van der Waals surface area contributed by atoms with Gasteiger partial charge in [-0.2, -0.15) is 0 Å². The van der Waals surface area contributed by atoms with Gasteiger partial charge in [-0.1, -0.05) is 49.4 Å². The molecule has 0 radical (unpaired) electrons. The highest BCUT2D eigenvalue weighted by atomic mass is 28.4. The molecule has 7 N–H and O–H groups in total. The van der Waals surface area contributed by atoms with Crippen molar-refractivity contribution in [3.63, 3.8) is 0 Å². The first-order valence-electron chi connectivity index (χ1n) is 15.4. The highest BCUT2D eigenvalue weighted by molar-refractivity contribution is 6.71. The molecule has 248 valence electrons. The lowest BCUT2D eigenvalue weighted by atomic mass is 9.95. The van der Waals surface area contributed by atoms with Crippen LogP contribution in [0.5, 0.6) is 0 Å². The zero-order valence-electron chi connectivity index (χ0n) is 25.9. The molecule has 45 heavy (non-hydrogen) atoms. The number of benzene rings is 2. The van der Waals surface area contributed by atoms with Crippen molar-refractivity contribution in [2.45, 2.75) is 94.3 Å². The normalized spacial score (nSPS) is 30.2. The molecule has 2 saturated heterocycles. The molecule has 0 saturated carbocycles. The van der Waals surface area contributed by atoms with Crippen molar-refractivity contribution in [2.24, 2.45) is 5.92 Å². The van der Waals surface area contributed by atoms with Crippen molar-refractivity contribution in [2.75, 3.05) is 18.5 Å². The van der Waals surface area contributed by atoms with E-state index in [4.69, 9.17) is 9.47 Å². The van der Waals surface area contributed by atoms with Crippen molar-refractivity contribution in [3.8, 4) is 0 Å². The summed E-state index contributed by atoms with van der Waals surface area (Å²) in [5, 5.41) is 51.5. The van der Waals surface area contributed by atoms with E-state index in [1.807, 2.05) is 55.6 Å². The number of rotatable bonds is 12. The zero-order chi connectivity index (χ0) is 32.9. The monoisotopic (exact) mass is 646 g/mol. The fourth-order valence-corrected chi connectivity index (χ4v) is 9.09. The molecular formula is C32H46N2O10Si. The number of carbonyl (C=O) groups is 2. The first kappa shape index (κ1) is 35.1. The SMILES string of the molecule is C[C@@H]1[C@@H]([Si](C)(C)O)[C@H](CC(=O)N(CCO)Cc2ccccc2)O[C@@H]1CCc1ccc(NC(=O)[C@H]2O[C@@H](O)[C@H](O)[C@@H](O)[C@@H]2O)cc1. The predicted molar refractivity (Wildman–Crippen MR) is 167 cm³/mol. The number of aliphatic hydroxyl groups excluding tert-OH is 5. The van der Waals surface area contributed by atoms with E-state index in [2.05, 4.69) is 12.2 Å². The van der Waals surface area contributed by atoms with Crippen molar-refractivity contribution in [1.82, 2.24) is 4.90 Å². The Kier molecular flexibility index (Phi) is 11.9. The van der Waals surface area contributed by atoms with Gasteiger partial charge in [0, 0.05) is 24.3 Å². The van der Waals surface area contributed by atoms with E-state index in [9.17, 15) is 39.9 Å². The first-order chi connectivity index (χ1) is 21.3. The van der Waals surface area contributed by atoms with E-state index in [-0.39, 0.29) is 43.0 Å². The molecule has 2 amide bonds. The molecule has 2 fully saturated rings. The average molecular weight is 647 g/mol. The largest absolute Gasteiger partial charge is 0.432 e. The lowest BCUT2D eigenvalue weighted by molar-refractivity contribution is -0.274. The molecule has 2 aliphatic heterocycles. The third kappa shape index (κ3) is 8.76. The Balaban J connectivity index is 1.35. The van der Waals surface area contributed by atoms with E-state index < -0.39 is 51.0 Å². The molecule has 0 aromatic heterocycles. The molecule has 2 aromatic carbocycles. The van der Waals surface area contributed by atoms with Gasteiger partial charge in [-0.25, -0.2) is 0 Å². The second-order valence-corrected chi connectivity index (χ2v) is 16.6. The average Bonchev–Trinajstić information content (AvgIpc) is 3.32. The molecule has 0 aliphatic carbocycles. The minimum Gasteiger partial charge on any atom is -0.432 e. The smallest absolute Gasteiger partial charge is 0.256 e. The minimum absolute atomic E-state index is 0.0274. The number of anilines is 1. The molecule has 9 atom stereocenters. The molecule has 12 nitrogen and oxygen atoms in total. The number of aliphatic hydroxyl groups is 5. The maximum absolute atomic E-state index is 13.4. The third-order valence-electron chi connectivity index (χ3n) is 8.82. The topological polar surface area (TPSA) is 189 Å². The summed E-state index contributed by atoms with van der Waals surface area (Å²) in [6.45, 7) is 6.26. The van der Waals surface area contributed by atoms with E-state index >= 15 is 0 Å². The van der Waals surface area contributed by atoms with Crippen LogP contribution in [0.2, 0.25) is 18.6 Å². The van der Waals surface area contributed by atoms with Gasteiger partial charge in [-0.3, -0.25) is 9.59 Å². The van der Waals surface area contributed by atoms with Gasteiger partial charge < -0.3 is 50.0 Å². The van der Waals surface area contributed by atoms with Crippen LogP contribution in [-0.4, -0.2) is 111 Å². The highest BCUT2D eigenvalue weighted by Gasteiger charge is 2.50. The van der Waals surface area contributed by atoms with Crippen LogP contribution in [0.3, 0.4) is 0 Å². The van der Waals surface area contributed by atoms with Crippen LogP contribution in [0.1, 0.15) is 30.9 Å². The Hall–Kier alpha value is -2.72. The number of carbonyl (C=O) groups excluding carboxylic acids is 2. The standard InChI is InChI=1S/C32H46N2O10Si/c1-19-23(14-11-20-9-12-22(13-10-20)33-31(40)29-27(38)26(37)28(39)32(41)44-29)43-24(30(19)45(2,3)42)17-25(36)34(15-16-35)18-21-7-5-4-6-8-21/h4-10,12-13,19,23-24,26-30,32,35,37-39,41-42H,11,14-18H2,1-3H3,(H,33,40)/t19-,23+,24-,26-,27-,28+,29-,30+,32+/m0/s1. The Morgan fingerprint density at radius 1 is 0.889 bits per heavy atom. The second-order valence-electron chi connectivity index (χ2n) is 12.6. The van der Waals surface area contributed by atoms with Crippen LogP contribution < -0.4 is 5.32 Å². The first-order valence-corrected chi connectivity index (χ1v) is 18.4. The summed E-state index contributed by atoms with van der Waals surface area (Å²) < 4.78 is 11.5. The lowest BCUT2D eigenvalue weighted by Crippen LogP contribution is -2.60. The van der Waals surface area contributed by atoms with Crippen LogP contribution in [0.25, 0.3) is 0 Å². The number of ether oxygens (including phenoxy) is 2. The number of aryl methyl sites for hydroxylation is 1. The lowest BCUT2D eigenvalue weighted by Gasteiger charge is -2.37. The number of amides is 2. The maximum atomic E-state index is 13.4. The van der Waals surface area contributed by atoms with Gasteiger partial charge in [0.1, 0.15) is 18.3 Å².